The van der Waals surface area contributed by atoms with E-state index in [4.69, 9.17) is 5.11 Å². The topological polar surface area (TPSA) is 110 Å². The lowest BCUT2D eigenvalue weighted by Gasteiger charge is -2.00. The number of hydrogen-bond donors (Lipinski definition) is 2. The van der Waals surface area contributed by atoms with Gasteiger partial charge in [0, 0.05) is 7.05 Å². The number of carbonyl (C=O) groups excluding carboxylic acids is 1. The number of rotatable bonds is 4. The van der Waals surface area contributed by atoms with Crippen LogP contribution < -0.4 is 5.32 Å². The van der Waals surface area contributed by atoms with E-state index in [1.54, 1.807) is 7.05 Å². The lowest BCUT2D eigenvalue weighted by atomic mass is 10.4. The fraction of sp³-hybridized carbons (Fsp3) is 0.500. The van der Waals surface area contributed by atoms with Crippen molar-refractivity contribution >= 4 is 11.9 Å². The number of carboxylic acid groups (broad SMARTS) is 1. The van der Waals surface area contributed by atoms with Crippen LogP contribution in [0, 0.1) is 0 Å². The zero-order valence-electron chi connectivity index (χ0n) is 7.47. The largest absolute Gasteiger partial charge is 0.480 e. The number of nitrogens with one attached hydrogen (secondary N) is 1. The molecule has 0 saturated heterocycles. The molecule has 1 rings (SSSR count). The number of hydrogen-bond acceptors (Lipinski definition) is 5. The summed E-state index contributed by atoms with van der Waals surface area (Å²) >= 11 is 0. The monoisotopic (exact) mass is 199 g/mol. The first-order valence-corrected chi connectivity index (χ1v) is 3.79. The number of carboxylic acids is 1. The summed E-state index contributed by atoms with van der Waals surface area (Å²) in [4.78, 5) is 21.2. The molecule has 76 valence electrons. The lowest BCUT2D eigenvalue weighted by Crippen LogP contribution is -2.31. The van der Waals surface area contributed by atoms with E-state index < -0.39 is 18.4 Å². The van der Waals surface area contributed by atoms with E-state index in [1.165, 1.54) is 4.68 Å². The molecule has 0 unspecified atom stereocenters. The molecule has 1 amide bonds. The normalized spacial score (nSPS) is 9.79. The van der Waals surface area contributed by atoms with Gasteiger partial charge in [-0.3, -0.25) is 9.59 Å². The van der Waals surface area contributed by atoms with E-state index >= 15 is 0 Å². The van der Waals surface area contributed by atoms with E-state index in [9.17, 15) is 9.59 Å². The molecular weight excluding hydrogens is 190 g/mol. The van der Waals surface area contributed by atoms with Crippen LogP contribution in [0.1, 0.15) is 5.82 Å². The van der Waals surface area contributed by atoms with Gasteiger partial charge in [0.05, 0.1) is 6.42 Å². The Labute approximate surface area is 78.9 Å². The van der Waals surface area contributed by atoms with Crippen LogP contribution in [0.4, 0.5) is 0 Å². The number of aryl methyl sites for hydroxylation is 1. The minimum absolute atomic E-state index is 0.0310. The highest BCUT2D eigenvalue weighted by Gasteiger charge is 2.09. The molecule has 0 radical (unpaired) electrons. The third kappa shape index (κ3) is 2.81. The van der Waals surface area contributed by atoms with E-state index in [0.29, 0.717) is 5.82 Å². The van der Waals surface area contributed by atoms with Gasteiger partial charge >= 0.3 is 5.97 Å². The maximum atomic E-state index is 11.1. The van der Waals surface area contributed by atoms with Gasteiger partial charge in [0.15, 0.2) is 5.82 Å². The van der Waals surface area contributed by atoms with Crippen molar-refractivity contribution in [2.45, 2.75) is 6.42 Å². The first-order chi connectivity index (χ1) is 6.59. The molecule has 0 aliphatic heterocycles. The van der Waals surface area contributed by atoms with Crippen molar-refractivity contribution in [1.29, 1.82) is 0 Å². The molecule has 0 saturated carbocycles. The van der Waals surface area contributed by atoms with Crippen molar-refractivity contribution in [1.82, 2.24) is 25.5 Å². The van der Waals surface area contributed by atoms with Gasteiger partial charge in [-0.1, -0.05) is 0 Å². The number of nitrogens with zero attached hydrogens (tertiary/aromatic N) is 4. The maximum Gasteiger partial charge on any atom is 0.322 e. The van der Waals surface area contributed by atoms with Gasteiger partial charge in [0.25, 0.3) is 0 Å². The average Bonchev–Trinajstić information content (AvgIpc) is 2.49. The summed E-state index contributed by atoms with van der Waals surface area (Å²) in [6, 6.07) is 0. The Morgan fingerprint density at radius 2 is 2.29 bits per heavy atom. The Morgan fingerprint density at radius 3 is 2.79 bits per heavy atom. The van der Waals surface area contributed by atoms with Crippen LogP contribution in [-0.4, -0.2) is 43.7 Å². The Balaban J connectivity index is 2.42. The third-order valence-electron chi connectivity index (χ3n) is 1.46. The van der Waals surface area contributed by atoms with Crippen molar-refractivity contribution in [3.05, 3.63) is 5.82 Å². The predicted molar refractivity (Wildman–Crippen MR) is 43.1 cm³/mol. The standard InChI is InChI=1S/C6H9N5O3/c1-11-4(8-9-10-11)2-5(12)7-3-6(13)14/h2-3H2,1H3,(H,7,12)(H,13,14). The van der Waals surface area contributed by atoms with E-state index in [0.717, 1.165) is 0 Å². The van der Waals surface area contributed by atoms with E-state index in [1.807, 2.05) is 0 Å². The van der Waals surface area contributed by atoms with Crippen LogP contribution >= 0.6 is 0 Å². The summed E-state index contributed by atoms with van der Waals surface area (Å²) in [5.41, 5.74) is 0. The fourth-order valence-electron chi connectivity index (χ4n) is 0.778. The second-order valence-corrected chi connectivity index (χ2v) is 2.57. The van der Waals surface area contributed by atoms with Crippen LogP contribution in [0.25, 0.3) is 0 Å². The molecule has 0 aliphatic carbocycles. The van der Waals surface area contributed by atoms with Crippen LogP contribution in [0.3, 0.4) is 0 Å². The van der Waals surface area contributed by atoms with Gasteiger partial charge in [-0.05, 0) is 10.4 Å². The summed E-state index contributed by atoms with van der Waals surface area (Å²) in [5.74, 6) is -1.13. The van der Waals surface area contributed by atoms with Crippen molar-refractivity contribution in [2.75, 3.05) is 6.54 Å². The zero-order chi connectivity index (χ0) is 10.6. The van der Waals surface area contributed by atoms with E-state index in [2.05, 4.69) is 20.8 Å². The van der Waals surface area contributed by atoms with Gasteiger partial charge < -0.3 is 10.4 Å². The second-order valence-electron chi connectivity index (χ2n) is 2.57. The van der Waals surface area contributed by atoms with Gasteiger partial charge in [0.1, 0.15) is 6.54 Å². The van der Waals surface area contributed by atoms with Gasteiger partial charge in [-0.25, -0.2) is 4.68 Å². The Kier molecular flexibility index (Phi) is 3.10. The summed E-state index contributed by atoms with van der Waals surface area (Å²) < 4.78 is 1.35. The van der Waals surface area contributed by atoms with Gasteiger partial charge in [-0.2, -0.15) is 0 Å². The number of carbonyl (C=O) groups is 2. The SMILES string of the molecule is Cn1nnnc1CC(=O)NCC(=O)O. The first-order valence-electron chi connectivity index (χ1n) is 3.79. The Bertz CT molecular complexity index is 347. The number of tetrazole rings is 1. The highest BCUT2D eigenvalue weighted by molar-refractivity contribution is 5.82. The second kappa shape index (κ2) is 4.30. The Hall–Kier alpha value is -1.99. The summed E-state index contributed by atoms with van der Waals surface area (Å²) in [6.45, 7) is -0.399. The van der Waals surface area contributed by atoms with Crippen LogP contribution in [0.15, 0.2) is 0 Å². The van der Waals surface area contributed by atoms with Gasteiger partial charge in [0.2, 0.25) is 5.91 Å². The molecule has 0 bridgehead atoms. The molecule has 14 heavy (non-hydrogen) atoms. The number of amides is 1. The summed E-state index contributed by atoms with van der Waals surface area (Å²) in [5, 5.41) is 20.9. The van der Waals surface area contributed by atoms with Crippen molar-refractivity contribution in [3.8, 4) is 0 Å². The molecule has 0 aromatic carbocycles. The summed E-state index contributed by atoms with van der Waals surface area (Å²) in [7, 11) is 1.60. The highest BCUT2D eigenvalue weighted by atomic mass is 16.4. The lowest BCUT2D eigenvalue weighted by molar-refractivity contribution is -0.137. The summed E-state index contributed by atoms with van der Waals surface area (Å²) in [6.07, 6.45) is -0.0310. The molecule has 0 spiro atoms. The molecule has 8 heteroatoms. The number of aliphatic carboxylic acids is 1. The van der Waals surface area contributed by atoms with E-state index in [-0.39, 0.29) is 6.42 Å². The minimum atomic E-state index is -1.09. The fourth-order valence-corrected chi connectivity index (χ4v) is 0.778. The average molecular weight is 199 g/mol. The molecule has 0 fully saturated rings. The smallest absolute Gasteiger partial charge is 0.322 e. The van der Waals surface area contributed by atoms with Crippen molar-refractivity contribution < 1.29 is 14.7 Å². The Morgan fingerprint density at radius 1 is 1.57 bits per heavy atom. The highest BCUT2D eigenvalue weighted by Crippen LogP contribution is 1.89. The van der Waals surface area contributed by atoms with Crippen LogP contribution in [0.2, 0.25) is 0 Å². The quantitative estimate of drug-likeness (QED) is 0.577. The first kappa shape index (κ1) is 10.1. The third-order valence-corrected chi connectivity index (χ3v) is 1.46. The zero-order valence-corrected chi connectivity index (χ0v) is 7.47. The molecule has 0 atom stereocenters. The van der Waals surface area contributed by atoms with Gasteiger partial charge in [-0.15, -0.1) is 5.10 Å². The maximum absolute atomic E-state index is 11.1. The minimum Gasteiger partial charge on any atom is -0.480 e. The molecule has 0 aliphatic rings. The van der Waals surface area contributed by atoms with Crippen molar-refractivity contribution in [3.63, 3.8) is 0 Å². The molecular formula is C6H9N5O3. The molecule has 1 aromatic heterocycles. The van der Waals surface area contributed by atoms with Crippen LogP contribution in [0.5, 0.6) is 0 Å². The molecule has 1 heterocycles. The molecule has 8 nitrogen and oxygen atoms in total. The van der Waals surface area contributed by atoms with Crippen molar-refractivity contribution in [2.24, 2.45) is 7.05 Å². The predicted octanol–water partition coefficient (Wildman–Crippen LogP) is -2.05. The number of aromatic nitrogens is 4. The van der Waals surface area contributed by atoms with Crippen LogP contribution in [-0.2, 0) is 23.1 Å². The molecule has 1 aromatic rings. The molecule has 2 N–H and O–H groups in total.